The quantitative estimate of drug-likeness (QED) is 0.282. The van der Waals surface area contributed by atoms with Crippen LogP contribution in [0.25, 0.3) is 0 Å². The van der Waals surface area contributed by atoms with Crippen LogP contribution in [0.3, 0.4) is 0 Å². The van der Waals surface area contributed by atoms with Gasteiger partial charge in [-0.3, -0.25) is 0 Å². The molecule has 0 aliphatic carbocycles. The number of hydrogen-bond acceptors (Lipinski definition) is 1. The van der Waals surface area contributed by atoms with Crippen LogP contribution in [0.15, 0.2) is 0 Å². The average Bonchev–Trinajstić information content (AvgIpc) is 0.918. The van der Waals surface area contributed by atoms with E-state index in [0.717, 1.165) is 0 Å². The van der Waals surface area contributed by atoms with Crippen LogP contribution in [-0.4, -0.2) is 8.41 Å². The fraction of sp³-hybridized carbons (Fsp3) is 0.500. The maximum atomic E-state index is 7.32. The van der Waals surface area contributed by atoms with Crippen molar-refractivity contribution in [1.29, 1.82) is 5.26 Å². The van der Waals surface area contributed by atoms with E-state index in [9.17, 15) is 0 Å². The molecule has 0 bridgehead atoms. The molecule has 0 rings (SSSR count). The monoisotopic (exact) mass is 95.0 g/mol. The Morgan fingerprint density at radius 1 is 1.60 bits per heavy atom. The van der Waals surface area contributed by atoms with Crippen molar-refractivity contribution in [3.05, 3.63) is 0 Å². The summed E-state index contributed by atoms with van der Waals surface area (Å²) in [5, 5.41) is 7.32. The molecule has 0 aromatic carbocycles. The van der Waals surface area contributed by atoms with Crippen molar-refractivity contribution in [2.24, 2.45) is 0 Å². The first-order chi connectivity index (χ1) is 1.41. The van der Waals surface area contributed by atoms with Gasteiger partial charge in [-0.15, -0.1) is 0 Å². The smallest absolute Gasteiger partial charge is 0.199 e. The number of nitrogens with zero attached hydrogens (tertiary/aromatic N) is 1. The maximum Gasteiger partial charge on any atom is 1.00 e. The van der Waals surface area contributed by atoms with E-state index in [-0.39, 0.29) is 59.8 Å². The van der Waals surface area contributed by atoms with E-state index in [1.54, 1.807) is 6.07 Å². The van der Waals surface area contributed by atoms with Crippen molar-refractivity contribution in [3.8, 4) is 6.07 Å². The summed E-state index contributed by atoms with van der Waals surface area (Å²) < 4.78 is 0. The molecule has 0 aliphatic heterocycles. The molecule has 0 N–H and O–H groups in total. The molecule has 24 valence electrons. The second kappa shape index (κ2) is 19.0. The minimum Gasteiger partial charge on any atom is -0.199 e. The first-order valence-corrected chi connectivity index (χ1v) is 0.724. The van der Waals surface area contributed by atoms with Crippen LogP contribution in [0.1, 0.15) is 6.92 Å². The largest absolute Gasteiger partial charge is 1.00 e. The Balaban J connectivity index is -0.0000000200. The van der Waals surface area contributed by atoms with Gasteiger partial charge in [0.25, 0.3) is 0 Å². The van der Waals surface area contributed by atoms with Gasteiger partial charge in [0.2, 0.25) is 0 Å². The predicted octanol–water partition coefficient (Wildman–Crippen LogP) is -3.92. The molecule has 0 amide bonds. The maximum absolute atomic E-state index is 7.32. The summed E-state index contributed by atoms with van der Waals surface area (Å²) >= 11 is 0. The second-order valence-electron chi connectivity index (χ2n) is 0.224. The minimum atomic E-state index is 0. The molecular formula is C2H7BKN. The van der Waals surface area contributed by atoms with E-state index in [2.05, 4.69) is 0 Å². The molecule has 3 heteroatoms. The van der Waals surface area contributed by atoms with Gasteiger partial charge >= 0.3 is 51.4 Å². The van der Waals surface area contributed by atoms with E-state index in [0.29, 0.717) is 0 Å². The molecule has 0 radical (unpaired) electrons. The second-order valence-corrected chi connectivity index (χ2v) is 0.224. The van der Waals surface area contributed by atoms with Crippen LogP contribution in [0.5, 0.6) is 0 Å². The molecule has 0 fully saturated rings. The van der Waals surface area contributed by atoms with Gasteiger partial charge in [0.05, 0.1) is 6.07 Å². The van der Waals surface area contributed by atoms with Crippen molar-refractivity contribution in [2.45, 2.75) is 6.92 Å². The third kappa shape index (κ3) is 37.3. The molecule has 0 saturated heterocycles. The third-order valence-electron chi connectivity index (χ3n) is 0. The number of rotatable bonds is 0. The summed E-state index contributed by atoms with van der Waals surface area (Å²) in [5.41, 5.74) is 0. The zero-order chi connectivity index (χ0) is 2.71. The Labute approximate surface area is 76.7 Å². The molecule has 0 saturated carbocycles. The van der Waals surface area contributed by atoms with Gasteiger partial charge in [-0.1, -0.05) is 8.41 Å². The van der Waals surface area contributed by atoms with Crippen molar-refractivity contribution in [1.82, 2.24) is 0 Å². The van der Waals surface area contributed by atoms with E-state index >= 15 is 0 Å². The number of hydrogen-bond donors (Lipinski definition) is 0. The van der Waals surface area contributed by atoms with E-state index < -0.39 is 0 Å². The molecule has 1 nitrogen and oxygen atoms in total. The van der Waals surface area contributed by atoms with Crippen LogP contribution in [0.4, 0.5) is 0 Å². The van der Waals surface area contributed by atoms with Gasteiger partial charge in [-0.25, -0.2) is 0 Å². The van der Waals surface area contributed by atoms with Gasteiger partial charge in [0.1, 0.15) is 0 Å². The molecule has 0 atom stereocenters. The van der Waals surface area contributed by atoms with Crippen LogP contribution < -0.4 is 51.4 Å². The minimum absolute atomic E-state index is 0. The zero-order valence-electron chi connectivity index (χ0n) is 2.95. The Morgan fingerprint density at radius 2 is 1.60 bits per heavy atom. The van der Waals surface area contributed by atoms with Crippen molar-refractivity contribution < 1.29 is 51.4 Å². The van der Waals surface area contributed by atoms with Gasteiger partial charge in [-0.2, -0.15) is 5.26 Å². The Kier molecular flexibility index (Phi) is 62.2. The number of nitriles is 1. The standard InChI is InChI=1S/C2H3N.BH4.K/c1-2-3;;/h1H3;1H4;/q;-1;+1. The predicted molar refractivity (Wildman–Crippen MR) is 22.6 cm³/mol. The van der Waals surface area contributed by atoms with E-state index in [4.69, 9.17) is 5.26 Å². The summed E-state index contributed by atoms with van der Waals surface area (Å²) in [6.45, 7) is 1.43. The Morgan fingerprint density at radius 3 is 1.60 bits per heavy atom. The van der Waals surface area contributed by atoms with Crippen LogP contribution >= 0.6 is 0 Å². The summed E-state index contributed by atoms with van der Waals surface area (Å²) in [4.78, 5) is 0. The average molecular weight is 95.0 g/mol. The van der Waals surface area contributed by atoms with Crippen molar-refractivity contribution in [3.63, 3.8) is 0 Å². The Bertz CT molecular complexity index is 31.1. The third-order valence-corrected chi connectivity index (χ3v) is 0. The van der Waals surface area contributed by atoms with E-state index in [1.165, 1.54) is 6.92 Å². The first kappa shape index (κ1) is 16.4. The molecule has 0 aromatic heterocycles. The molecule has 5 heavy (non-hydrogen) atoms. The summed E-state index contributed by atoms with van der Waals surface area (Å²) in [7, 11) is 0. The van der Waals surface area contributed by atoms with Gasteiger partial charge in [-0.05, 0) is 0 Å². The Hall–Kier alpha value is 1.19. The normalized spacial score (nSPS) is 1.60. The molecular weight excluding hydrogens is 87.9 g/mol. The molecule has 0 aromatic rings. The van der Waals surface area contributed by atoms with E-state index in [1.807, 2.05) is 0 Å². The summed E-state index contributed by atoms with van der Waals surface area (Å²) in [6, 6.07) is 1.75. The van der Waals surface area contributed by atoms with Gasteiger partial charge in [0, 0.05) is 6.92 Å². The van der Waals surface area contributed by atoms with Crippen LogP contribution in [0, 0.1) is 11.3 Å². The summed E-state index contributed by atoms with van der Waals surface area (Å²) in [6.07, 6.45) is 0. The molecule has 0 spiro atoms. The van der Waals surface area contributed by atoms with Crippen molar-refractivity contribution >= 4 is 8.41 Å². The fourth-order valence-electron chi connectivity index (χ4n) is 0. The topological polar surface area (TPSA) is 23.8 Å². The first-order valence-electron chi connectivity index (χ1n) is 0.724. The SMILES string of the molecule is CC#N.[BH4-].[K+]. The zero-order valence-corrected chi connectivity index (χ0v) is 6.07. The molecule has 0 aliphatic rings. The summed E-state index contributed by atoms with van der Waals surface area (Å²) in [5.74, 6) is 0. The van der Waals surface area contributed by atoms with Gasteiger partial charge < -0.3 is 0 Å². The van der Waals surface area contributed by atoms with Gasteiger partial charge in [0.15, 0.2) is 0 Å². The molecule has 0 unspecified atom stereocenters. The van der Waals surface area contributed by atoms with Crippen LogP contribution in [-0.2, 0) is 0 Å². The fourth-order valence-corrected chi connectivity index (χ4v) is 0. The van der Waals surface area contributed by atoms with Crippen molar-refractivity contribution in [2.75, 3.05) is 0 Å². The molecule has 0 heterocycles. The van der Waals surface area contributed by atoms with Crippen LogP contribution in [0.2, 0.25) is 0 Å².